The molecule has 1 aromatic carbocycles. The molecule has 3 nitrogen and oxygen atoms in total. The smallest absolute Gasteiger partial charge is 0.175 e. The second-order valence-electron chi connectivity index (χ2n) is 4.55. The van der Waals surface area contributed by atoms with E-state index in [0.717, 1.165) is 23.7 Å². The number of unbranched alkanes of at least 4 members (excludes halogenated alkanes) is 1. The van der Waals surface area contributed by atoms with E-state index in [1.54, 1.807) is 23.9 Å². The van der Waals surface area contributed by atoms with Crippen LogP contribution in [0.25, 0.3) is 0 Å². The summed E-state index contributed by atoms with van der Waals surface area (Å²) in [5.41, 5.74) is 0. The fourth-order valence-corrected chi connectivity index (χ4v) is 3.17. The van der Waals surface area contributed by atoms with Crippen molar-refractivity contribution in [2.24, 2.45) is 0 Å². The van der Waals surface area contributed by atoms with Crippen LogP contribution in [0.15, 0.2) is 34.1 Å². The van der Waals surface area contributed by atoms with Crippen molar-refractivity contribution in [3.8, 4) is 0 Å². The van der Waals surface area contributed by atoms with Gasteiger partial charge in [0, 0.05) is 11.2 Å². The topological polar surface area (TPSA) is 46.2 Å². The van der Waals surface area contributed by atoms with E-state index in [1.165, 1.54) is 25.5 Å². The molecule has 0 spiro atoms. The molecule has 0 unspecified atom stereocenters. The molecule has 0 fully saturated rings. The van der Waals surface area contributed by atoms with Gasteiger partial charge in [0.15, 0.2) is 9.84 Å². The Balaban J connectivity index is 2.23. The van der Waals surface area contributed by atoms with Gasteiger partial charge in [0.25, 0.3) is 0 Å². The molecule has 0 aliphatic heterocycles. The number of hydrogen-bond donors (Lipinski definition) is 1. The van der Waals surface area contributed by atoms with Gasteiger partial charge in [-0.2, -0.15) is 0 Å². The Kier molecular flexibility index (Phi) is 7.49. The summed E-state index contributed by atoms with van der Waals surface area (Å²) in [6.45, 7) is 4.35. The molecule has 0 saturated carbocycles. The highest BCUT2D eigenvalue weighted by atomic mass is 32.2. The molecule has 0 bridgehead atoms. The van der Waals surface area contributed by atoms with Gasteiger partial charge < -0.3 is 5.32 Å². The fourth-order valence-electron chi connectivity index (χ4n) is 1.63. The number of hydrogen-bond acceptors (Lipinski definition) is 4. The summed E-state index contributed by atoms with van der Waals surface area (Å²) < 4.78 is 22.6. The van der Waals surface area contributed by atoms with Gasteiger partial charge in [-0.25, -0.2) is 8.42 Å². The minimum Gasteiger partial charge on any atom is -0.317 e. The average Bonchev–Trinajstić information content (AvgIpc) is 2.37. The molecule has 19 heavy (non-hydrogen) atoms. The Labute approximate surface area is 121 Å². The Morgan fingerprint density at radius 1 is 1.11 bits per heavy atom. The summed E-state index contributed by atoms with van der Waals surface area (Å²) in [6.07, 6.45) is 4.78. The van der Waals surface area contributed by atoms with Gasteiger partial charge in [-0.05, 0) is 62.4 Å². The van der Waals surface area contributed by atoms with Gasteiger partial charge in [0.05, 0.1) is 4.90 Å². The lowest BCUT2D eigenvalue weighted by atomic mass is 10.3. The first kappa shape index (κ1) is 16.5. The maximum absolute atomic E-state index is 11.3. The quantitative estimate of drug-likeness (QED) is 0.563. The molecule has 1 rings (SSSR count). The molecule has 0 aliphatic carbocycles. The van der Waals surface area contributed by atoms with Crippen LogP contribution in [0.4, 0.5) is 0 Å². The zero-order chi connectivity index (χ0) is 14.1. The highest BCUT2D eigenvalue weighted by Crippen LogP contribution is 2.21. The molecule has 0 amide bonds. The first-order valence-corrected chi connectivity index (χ1v) is 9.55. The monoisotopic (exact) mass is 301 g/mol. The molecule has 0 atom stereocenters. The Morgan fingerprint density at radius 3 is 2.37 bits per heavy atom. The van der Waals surface area contributed by atoms with E-state index in [9.17, 15) is 8.42 Å². The van der Waals surface area contributed by atoms with Gasteiger partial charge in [-0.3, -0.25) is 0 Å². The number of sulfone groups is 1. The maximum atomic E-state index is 11.3. The summed E-state index contributed by atoms with van der Waals surface area (Å²) in [5, 5.41) is 3.38. The molecule has 1 aromatic rings. The van der Waals surface area contributed by atoms with Crippen molar-refractivity contribution in [3.63, 3.8) is 0 Å². The van der Waals surface area contributed by atoms with Crippen LogP contribution >= 0.6 is 11.8 Å². The normalized spacial score (nSPS) is 11.7. The van der Waals surface area contributed by atoms with Crippen molar-refractivity contribution in [2.75, 3.05) is 25.1 Å². The van der Waals surface area contributed by atoms with Crippen molar-refractivity contribution in [1.82, 2.24) is 5.32 Å². The molecule has 1 N–H and O–H groups in total. The number of thioether (sulfide) groups is 1. The van der Waals surface area contributed by atoms with E-state index in [4.69, 9.17) is 0 Å². The van der Waals surface area contributed by atoms with Crippen LogP contribution in [-0.2, 0) is 9.84 Å². The van der Waals surface area contributed by atoms with Gasteiger partial charge in [0.2, 0.25) is 0 Å². The standard InChI is InChI=1S/C14H23NO2S2/c1-3-10-15-11-4-5-12-18-13-6-8-14(9-7-13)19(2,16)17/h6-9,15H,3-5,10-12H2,1-2H3. The lowest BCUT2D eigenvalue weighted by molar-refractivity contribution is 0.602. The van der Waals surface area contributed by atoms with Crippen molar-refractivity contribution in [3.05, 3.63) is 24.3 Å². The van der Waals surface area contributed by atoms with Crippen LogP contribution in [-0.4, -0.2) is 33.5 Å². The average molecular weight is 301 g/mol. The first-order valence-electron chi connectivity index (χ1n) is 6.67. The molecular weight excluding hydrogens is 278 g/mol. The second-order valence-corrected chi connectivity index (χ2v) is 7.73. The summed E-state index contributed by atoms with van der Waals surface area (Å²) in [5.74, 6) is 1.08. The molecular formula is C14H23NO2S2. The van der Waals surface area contributed by atoms with E-state index in [2.05, 4.69) is 12.2 Å². The van der Waals surface area contributed by atoms with Crippen molar-refractivity contribution >= 4 is 21.6 Å². The third-order valence-electron chi connectivity index (χ3n) is 2.70. The fraction of sp³-hybridized carbons (Fsp3) is 0.571. The highest BCUT2D eigenvalue weighted by molar-refractivity contribution is 7.99. The van der Waals surface area contributed by atoms with Crippen molar-refractivity contribution < 1.29 is 8.42 Å². The molecule has 0 saturated heterocycles. The van der Waals surface area contributed by atoms with E-state index in [0.29, 0.717) is 4.90 Å². The minimum absolute atomic E-state index is 0.389. The van der Waals surface area contributed by atoms with Gasteiger partial charge in [0.1, 0.15) is 0 Å². The van der Waals surface area contributed by atoms with E-state index in [-0.39, 0.29) is 0 Å². The molecule has 0 radical (unpaired) electrons. The van der Waals surface area contributed by atoms with Crippen molar-refractivity contribution in [2.45, 2.75) is 36.0 Å². The molecule has 108 valence electrons. The largest absolute Gasteiger partial charge is 0.317 e. The van der Waals surface area contributed by atoms with Crippen LogP contribution in [0.3, 0.4) is 0 Å². The third kappa shape index (κ3) is 6.99. The lowest BCUT2D eigenvalue weighted by Gasteiger charge is -2.04. The lowest BCUT2D eigenvalue weighted by Crippen LogP contribution is -2.15. The van der Waals surface area contributed by atoms with Crippen LogP contribution in [0.2, 0.25) is 0 Å². The predicted molar refractivity (Wildman–Crippen MR) is 82.7 cm³/mol. The minimum atomic E-state index is -3.08. The Bertz CT molecular complexity index is 455. The highest BCUT2D eigenvalue weighted by Gasteiger charge is 2.05. The van der Waals surface area contributed by atoms with Crippen LogP contribution < -0.4 is 5.32 Å². The first-order chi connectivity index (χ1) is 9.04. The van der Waals surface area contributed by atoms with Gasteiger partial charge in [-0.1, -0.05) is 6.92 Å². The molecule has 0 aromatic heterocycles. The van der Waals surface area contributed by atoms with Gasteiger partial charge >= 0.3 is 0 Å². The maximum Gasteiger partial charge on any atom is 0.175 e. The van der Waals surface area contributed by atoms with Crippen LogP contribution in [0.1, 0.15) is 26.2 Å². The van der Waals surface area contributed by atoms with E-state index >= 15 is 0 Å². The molecule has 0 heterocycles. The van der Waals surface area contributed by atoms with Crippen molar-refractivity contribution in [1.29, 1.82) is 0 Å². The van der Waals surface area contributed by atoms with E-state index in [1.807, 2.05) is 12.1 Å². The molecule has 0 aliphatic rings. The second kappa shape index (κ2) is 8.61. The van der Waals surface area contributed by atoms with Crippen LogP contribution in [0.5, 0.6) is 0 Å². The summed E-state index contributed by atoms with van der Waals surface area (Å²) in [4.78, 5) is 1.52. The summed E-state index contributed by atoms with van der Waals surface area (Å²) in [6, 6.07) is 7.13. The Morgan fingerprint density at radius 2 is 1.79 bits per heavy atom. The molecule has 5 heteroatoms. The predicted octanol–water partition coefficient (Wildman–Crippen LogP) is 2.96. The number of nitrogens with one attached hydrogen (secondary N) is 1. The third-order valence-corrected chi connectivity index (χ3v) is 4.92. The SMILES string of the molecule is CCCNCCCCSc1ccc(S(C)(=O)=O)cc1. The number of benzene rings is 1. The summed E-state index contributed by atoms with van der Waals surface area (Å²) in [7, 11) is -3.08. The van der Waals surface area contributed by atoms with E-state index < -0.39 is 9.84 Å². The Hall–Kier alpha value is -0.520. The zero-order valence-corrected chi connectivity index (χ0v) is 13.3. The zero-order valence-electron chi connectivity index (χ0n) is 11.7. The van der Waals surface area contributed by atoms with Gasteiger partial charge in [-0.15, -0.1) is 11.8 Å². The number of rotatable bonds is 9. The van der Waals surface area contributed by atoms with Crippen LogP contribution in [0, 0.1) is 0 Å². The summed E-state index contributed by atoms with van der Waals surface area (Å²) >= 11 is 1.78.